The Morgan fingerprint density at radius 2 is 1.79 bits per heavy atom. The number of hydrogen-bond donors (Lipinski definition) is 2. The predicted octanol–water partition coefficient (Wildman–Crippen LogP) is 4.59. The molecule has 3 aromatic carbocycles. The van der Waals surface area contributed by atoms with Crippen molar-refractivity contribution in [2.45, 2.75) is 6.92 Å². The van der Waals surface area contributed by atoms with Gasteiger partial charge in [-0.3, -0.25) is 19.7 Å². The highest BCUT2D eigenvalue weighted by Crippen LogP contribution is 2.35. The maximum atomic E-state index is 13.2. The van der Waals surface area contributed by atoms with Crippen molar-refractivity contribution >= 4 is 57.1 Å². The molecule has 9 nitrogen and oxygen atoms in total. The van der Waals surface area contributed by atoms with Crippen LogP contribution >= 0.6 is 15.9 Å². The zero-order chi connectivity index (χ0) is 27.4. The van der Waals surface area contributed by atoms with Crippen LogP contribution in [0.3, 0.4) is 0 Å². The van der Waals surface area contributed by atoms with E-state index >= 15 is 0 Å². The van der Waals surface area contributed by atoms with Gasteiger partial charge in [0.05, 0.1) is 12.8 Å². The van der Waals surface area contributed by atoms with E-state index in [-0.39, 0.29) is 23.7 Å². The van der Waals surface area contributed by atoms with E-state index in [1.165, 1.54) is 49.6 Å². The van der Waals surface area contributed by atoms with Crippen molar-refractivity contribution in [3.63, 3.8) is 0 Å². The molecule has 2 N–H and O–H groups in total. The first kappa shape index (κ1) is 26.6. The molecule has 5 amide bonds. The first-order valence-electron chi connectivity index (χ1n) is 11.2. The van der Waals surface area contributed by atoms with E-state index in [1.807, 2.05) is 0 Å². The number of para-hydroxylation sites is 1. The first-order valence-corrected chi connectivity index (χ1v) is 12.0. The third kappa shape index (κ3) is 5.73. The van der Waals surface area contributed by atoms with Gasteiger partial charge >= 0.3 is 6.03 Å². The highest BCUT2D eigenvalue weighted by atomic mass is 79.9. The molecule has 0 atom stereocenters. The van der Waals surface area contributed by atoms with E-state index in [0.717, 1.165) is 4.90 Å². The minimum atomic E-state index is -0.842. The summed E-state index contributed by atoms with van der Waals surface area (Å²) in [7, 11) is 1.39. The van der Waals surface area contributed by atoms with Crippen LogP contribution in [0.2, 0.25) is 0 Å². The van der Waals surface area contributed by atoms with Crippen molar-refractivity contribution in [1.82, 2.24) is 5.32 Å². The number of rotatable bonds is 7. The number of nitrogens with zero attached hydrogens (tertiary/aromatic N) is 1. The molecular formula is C27H21BrFN3O6. The van der Waals surface area contributed by atoms with Gasteiger partial charge in [-0.15, -0.1) is 0 Å². The summed E-state index contributed by atoms with van der Waals surface area (Å²) < 4.78 is 24.4. The van der Waals surface area contributed by atoms with Crippen LogP contribution < -0.4 is 25.0 Å². The van der Waals surface area contributed by atoms with E-state index in [2.05, 4.69) is 26.6 Å². The lowest BCUT2D eigenvalue weighted by atomic mass is 10.1. The van der Waals surface area contributed by atoms with Crippen LogP contribution in [-0.4, -0.2) is 37.5 Å². The number of hydrogen-bond acceptors (Lipinski definition) is 6. The van der Waals surface area contributed by atoms with Crippen molar-refractivity contribution < 1.29 is 33.0 Å². The average Bonchev–Trinajstić information content (AvgIpc) is 2.88. The fourth-order valence-corrected chi connectivity index (χ4v) is 4.09. The molecule has 1 saturated heterocycles. The predicted molar refractivity (Wildman–Crippen MR) is 141 cm³/mol. The Bertz CT molecular complexity index is 1470. The van der Waals surface area contributed by atoms with E-state index in [4.69, 9.17) is 9.47 Å². The molecule has 1 aliphatic rings. The van der Waals surface area contributed by atoms with Crippen LogP contribution in [-0.2, 0) is 14.4 Å². The van der Waals surface area contributed by atoms with Crippen molar-refractivity contribution in [1.29, 1.82) is 0 Å². The lowest BCUT2D eigenvalue weighted by molar-refractivity contribution is -0.122. The second-order valence-electron chi connectivity index (χ2n) is 8.11. The smallest absolute Gasteiger partial charge is 0.335 e. The van der Waals surface area contributed by atoms with Crippen molar-refractivity contribution in [2.24, 2.45) is 0 Å². The number of methoxy groups -OCH3 is 1. The normalized spacial score (nSPS) is 14.4. The second kappa shape index (κ2) is 11.3. The van der Waals surface area contributed by atoms with E-state index in [0.29, 0.717) is 27.0 Å². The van der Waals surface area contributed by atoms with Crippen molar-refractivity contribution in [3.8, 4) is 11.5 Å². The number of ether oxygens (including phenoxy) is 2. The van der Waals surface area contributed by atoms with Crippen LogP contribution in [0.25, 0.3) is 6.08 Å². The van der Waals surface area contributed by atoms with E-state index in [1.54, 1.807) is 31.2 Å². The molecule has 0 saturated carbocycles. The topological polar surface area (TPSA) is 114 Å². The standard InChI is InChI=1S/C27H21BrFN3O6/c1-15-5-3-4-6-21(15)32-26(35)19(25(34)31-27(32)36)11-16-12-22(37-2)23(13-20(16)28)38-14-24(33)30-18-9-7-17(29)8-10-18/h3-13H,14H2,1-2H3,(H,30,33)(H,31,34,36)/b19-11+. The number of benzene rings is 3. The minimum Gasteiger partial charge on any atom is -0.493 e. The maximum absolute atomic E-state index is 13.2. The van der Waals surface area contributed by atoms with Crippen molar-refractivity contribution in [2.75, 3.05) is 23.9 Å². The molecule has 0 spiro atoms. The monoisotopic (exact) mass is 581 g/mol. The van der Waals surface area contributed by atoms with Crippen LogP contribution in [0.1, 0.15) is 11.1 Å². The van der Waals surface area contributed by atoms with Gasteiger partial charge in [-0.25, -0.2) is 14.1 Å². The fourth-order valence-electron chi connectivity index (χ4n) is 3.65. The molecular weight excluding hydrogens is 561 g/mol. The summed E-state index contributed by atoms with van der Waals surface area (Å²) in [5.74, 6) is -2.08. The van der Waals surface area contributed by atoms with Gasteiger partial charge in [0, 0.05) is 10.2 Å². The Kier molecular flexibility index (Phi) is 7.87. The number of aryl methyl sites for hydroxylation is 1. The summed E-state index contributed by atoms with van der Waals surface area (Å²) in [6.45, 7) is 1.38. The number of urea groups is 1. The summed E-state index contributed by atoms with van der Waals surface area (Å²) in [6.07, 6.45) is 1.33. The van der Waals surface area contributed by atoms with Gasteiger partial charge in [0.1, 0.15) is 11.4 Å². The molecule has 0 radical (unpaired) electrons. The number of amides is 5. The summed E-state index contributed by atoms with van der Waals surface area (Å²) in [6, 6.07) is 14.3. The van der Waals surface area contributed by atoms with Crippen LogP contribution in [0.4, 0.5) is 20.6 Å². The Morgan fingerprint density at radius 1 is 1.08 bits per heavy atom. The quantitative estimate of drug-likeness (QED) is 0.311. The molecule has 38 heavy (non-hydrogen) atoms. The lowest BCUT2D eigenvalue weighted by Gasteiger charge is -2.27. The Balaban J connectivity index is 1.56. The molecule has 3 aromatic rings. The van der Waals surface area contributed by atoms with Crippen LogP contribution in [0.5, 0.6) is 11.5 Å². The fraction of sp³-hybridized carbons (Fsp3) is 0.111. The number of imide groups is 2. The SMILES string of the molecule is COc1cc(/C=C2\C(=O)NC(=O)N(c3ccccc3C)C2=O)c(Br)cc1OCC(=O)Nc1ccc(F)cc1. The Labute approximate surface area is 225 Å². The summed E-state index contributed by atoms with van der Waals surface area (Å²) in [4.78, 5) is 51.4. The maximum Gasteiger partial charge on any atom is 0.335 e. The van der Waals surface area contributed by atoms with Crippen LogP contribution in [0, 0.1) is 12.7 Å². The second-order valence-corrected chi connectivity index (χ2v) is 8.97. The Hall–Kier alpha value is -4.51. The number of barbiturate groups is 1. The third-order valence-electron chi connectivity index (χ3n) is 5.53. The summed E-state index contributed by atoms with van der Waals surface area (Å²) in [5, 5.41) is 4.78. The van der Waals surface area contributed by atoms with Gasteiger partial charge in [-0.2, -0.15) is 0 Å². The highest BCUT2D eigenvalue weighted by molar-refractivity contribution is 9.10. The van der Waals surface area contributed by atoms with Gasteiger partial charge in [0.15, 0.2) is 18.1 Å². The molecule has 0 aromatic heterocycles. The number of carbonyl (C=O) groups is 4. The minimum absolute atomic E-state index is 0.215. The zero-order valence-corrected chi connectivity index (χ0v) is 21.8. The highest BCUT2D eigenvalue weighted by Gasteiger charge is 2.37. The molecule has 1 fully saturated rings. The molecule has 11 heteroatoms. The zero-order valence-electron chi connectivity index (χ0n) is 20.2. The van der Waals surface area contributed by atoms with Gasteiger partial charge < -0.3 is 14.8 Å². The van der Waals surface area contributed by atoms with Gasteiger partial charge in [-0.05, 0) is 66.6 Å². The molecule has 4 rings (SSSR count). The summed E-state index contributed by atoms with van der Waals surface area (Å²) in [5.41, 5.74) is 1.57. The number of carbonyl (C=O) groups excluding carboxylic acids is 4. The largest absolute Gasteiger partial charge is 0.493 e. The molecule has 0 aliphatic carbocycles. The van der Waals surface area contributed by atoms with Gasteiger partial charge in [-0.1, -0.05) is 34.1 Å². The lowest BCUT2D eigenvalue weighted by Crippen LogP contribution is -2.54. The molecule has 194 valence electrons. The van der Waals surface area contributed by atoms with Crippen LogP contribution in [0.15, 0.2) is 70.7 Å². The average molecular weight is 582 g/mol. The van der Waals surface area contributed by atoms with Gasteiger partial charge in [0.2, 0.25) is 0 Å². The van der Waals surface area contributed by atoms with E-state index in [9.17, 15) is 23.6 Å². The number of nitrogens with one attached hydrogen (secondary N) is 2. The Morgan fingerprint density at radius 3 is 2.47 bits per heavy atom. The van der Waals surface area contributed by atoms with Crippen molar-refractivity contribution in [3.05, 3.63) is 87.7 Å². The third-order valence-corrected chi connectivity index (χ3v) is 6.21. The summed E-state index contributed by atoms with van der Waals surface area (Å²) >= 11 is 3.39. The molecule has 0 unspecified atom stereocenters. The number of anilines is 2. The van der Waals surface area contributed by atoms with E-state index < -0.39 is 29.6 Å². The molecule has 1 heterocycles. The molecule has 1 aliphatic heterocycles. The number of halogens is 2. The van der Waals surface area contributed by atoms with Gasteiger partial charge in [0.25, 0.3) is 17.7 Å². The first-order chi connectivity index (χ1) is 18.2. The molecule has 0 bridgehead atoms.